The first kappa shape index (κ1) is 29.9. The van der Waals surface area contributed by atoms with E-state index in [0.717, 1.165) is 17.3 Å². The summed E-state index contributed by atoms with van der Waals surface area (Å²) in [6.45, 7) is 7.29. The maximum atomic E-state index is 14.7. The lowest BCUT2D eigenvalue weighted by Gasteiger charge is -2.60. The van der Waals surface area contributed by atoms with Crippen molar-refractivity contribution in [3.63, 3.8) is 0 Å². The normalized spacial score (nSPS) is 28.8. The number of aromatic hydroxyl groups is 1. The highest BCUT2D eigenvalue weighted by Gasteiger charge is 2.75. The Bertz CT molecular complexity index is 2030. The van der Waals surface area contributed by atoms with Crippen molar-refractivity contribution in [2.75, 3.05) is 0 Å². The minimum absolute atomic E-state index is 0.129. The molecule has 6 atom stereocenters. The molecule has 1 aliphatic heterocycles. The summed E-state index contributed by atoms with van der Waals surface area (Å²) in [5.74, 6) is -9.18. The molecule has 7 N–H and O–H groups in total. The van der Waals surface area contributed by atoms with Gasteiger partial charge in [-0.2, -0.15) is 0 Å². The summed E-state index contributed by atoms with van der Waals surface area (Å²) in [5, 5.41) is 59.7. The zero-order valence-corrected chi connectivity index (χ0v) is 24.7. The summed E-state index contributed by atoms with van der Waals surface area (Å²) in [4.78, 5) is 46.4. The average Bonchev–Trinajstić information content (AvgIpc) is 3.05. The number of carbonyl (C=O) groups excluding carboxylic acids is 3. The predicted octanol–water partition coefficient (Wildman–Crippen LogP) is 3.04. The highest BCUT2D eigenvalue weighted by atomic mass is 16.4. The molecule has 1 spiro atoms. The van der Waals surface area contributed by atoms with E-state index in [9.17, 15) is 39.9 Å². The smallest absolute Gasteiger partial charge is 0.255 e. The number of phenolic OH excluding ortho intramolecular Hbond substituents is 1. The molecule has 0 saturated heterocycles. The zero-order valence-electron chi connectivity index (χ0n) is 24.7. The third-order valence-electron chi connectivity index (χ3n) is 9.90. The number of aliphatic imine (C=N–C) groups is 1. The van der Waals surface area contributed by atoms with E-state index in [4.69, 9.17) is 5.73 Å². The number of rotatable bonds is 6. The molecular weight excluding hydrogens is 602 g/mol. The van der Waals surface area contributed by atoms with Gasteiger partial charge in [0.2, 0.25) is 5.78 Å². The van der Waals surface area contributed by atoms with Crippen LogP contribution in [0.15, 0.2) is 114 Å². The van der Waals surface area contributed by atoms with Gasteiger partial charge in [0, 0.05) is 11.8 Å². The quantitative estimate of drug-likeness (QED) is 0.222. The van der Waals surface area contributed by atoms with Gasteiger partial charge in [-0.05, 0) is 40.7 Å². The van der Waals surface area contributed by atoms with Crippen LogP contribution >= 0.6 is 0 Å². The van der Waals surface area contributed by atoms with Gasteiger partial charge in [0.05, 0.1) is 29.1 Å². The fourth-order valence-electron chi connectivity index (χ4n) is 7.77. The van der Waals surface area contributed by atoms with Crippen molar-refractivity contribution in [2.24, 2.45) is 16.6 Å². The molecule has 11 nitrogen and oxygen atoms in total. The number of Topliss-reactive ketones (excluding diaryl/α,β-unsaturated/α-hetero) is 2. The van der Waals surface area contributed by atoms with Crippen molar-refractivity contribution < 1.29 is 39.9 Å². The fraction of sp³-hybridized carbons (Fsp3) is 0.167. The van der Waals surface area contributed by atoms with Crippen LogP contribution in [0, 0.1) is 5.92 Å². The molecule has 236 valence electrons. The summed E-state index contributed by atoms with van der Waals surface area (Å²) < 4.78 is 0. The lowest BCUT2D eigenvalue weighted by molar-refractivity contribution is -0.170. The molecule has 4 aliphatic rings. The molecule has 1 heterocycles. The number of amides is 1. The van der Waals surface area contributed by atoms with Crippen molar-refractivity contribution in [1.29, 1.82) is 0 Å². The van der Waals surface area contributed by atoms with E-state index < -0.39 is 75.3 Å². The molecule has 3 aliphatic carbocycles. The molecule has 1 fully saturated rings. The SMILES string of the molecule is C=CN(C=C)[C@@H]1C(=O)C(C(N)=O)=C(O)[C@@]2(O)C(=O)C3=C(O)c4c(O)c(-c5ccccc5)cc(-c5ccccc5)c4[C@@H]4C=N[C@]34[C@H](O)[C@@H]12. The Morgan fingerprint density at radius 1 is 0.936 bits per heavy atom. The molecule has 3 aromatic carbocycles. The Kier molecular flexibility index (Phi) is 6.43. The standard InChI is InChI=1S/C36H29N3O8/c1-3-39(4-2)27-25-32(44)35-21(16-38-35)22-19(17-11-7-5-8-12-17)15-20(18-13-9-6-10-14-18)28(40)23(22)29(41)26(35)33(45)36(25,47)31(43)24(30(27)42)34(37)46/h3-16,21,25,27,32,40-41,43-44,47H,1-2H2,(H2,37,46)/t21-,25+,27-,32+,35-,36+/m0/s1. The molecular formula is C36H29N3O8. The van der Waals surface area contributed by atoms with Crippen LogP contribution in [0.5, 0.6) is 5.75 Å². The van der Waals surface area contributed by atoms with Crippen molar-refractivity contribution in [1.82, 2.24) is 4.90 Å². The van der Waals surface area contributed by atoms with Crippen LogP contribution in [0.3, 0.4) is 0 Å². The van der Waals surface area contributed by atoms with Crippen molar-refractivity contribution in [2.45, 2.75) is 29.2 Å². The topological polar surface area (TPSA) is 194 Å². The first-order valence-electron chi connectivity index (χ1n) is 14.7. The number of hydrogen-bond acceptors (Lipinski definition) is 10. The first-order chi connectivity index (χ1) is 22.5. The molecule has 47 heavy (non-hydrogen) atoms. The lowest BCUT2D eigenvalue weighted by Crippen LogP contribution is -2.76. The number of carbonyl (C=O) groups is 3. The number of ketones is 2. The summed E-state index contributed by atoms with van der Waals surface area (Å²) >= 11 is 0. The largest absolute Gasteiger partial charge is 0.508 e. The van der Waals surface area contributed by atoms with E-state index in [0.29, 0.717) is 27.8 Å². The number of nitrogens with two attached hydrogens (primary N) is 1. The maximum absolute atomic E-state index is 14.7. The molecule has 0 bridgehead atoms. The summed E-state index contributed by atoms with van der Waals surface area (Å²) in [5.41, 5.74) is 1.10. The predicted molar refractivity (Wildman–Crippen MR) is 172 cm³/mol. The van der Waals surface area contributed by atoms with E-state index >= 15 is 0 Å². The fourth-order valence-corrected chi connectivity index (χ4v) is 7.77. The maximum Gasteiger partial charge on any atom is 0.255 e. The summed E-state index contributed by atoms with van der Waals surface area (Å²) in [7, 11) is 0. The second-order valence-electron chi connectivity index (χ2n) is 11.9. The van der Waals surface area contributed by atoms with E-state index in [1.807, 2.05) is 30.3 Å². The van der Waals surface area contributed by atoms with E-state index in [-0.39, 0.29) is 11.3 Å². The third kappa shape index (κ3) is 3.57. The Balaban J connectivity index is 1.58. The Morgan fingerprint density at radius 3 is 2.02 bits per heavy atom. The molecule has 7 rings (SSSR count). The highest BCUT2D eigenvalue weighted by molar-refractivity contribution is 6.25. The van der Waals surface area contributed by atoms with E-state index in [1.165, 1.54) is 6.21 Å². The molecule has 3 aromatic rings. The zero-order chi connectivity index (χ0) is 33.6. The van der Waals surface area contributed by atoms with Crippen LogP contribution in [-0.4, -0.2) is 77.4 Å². The molecule has 0 unspecified atom stereocenters. The minimum Gasteiger partial charge on any atom is -0.508 e. The number of hydrogen-bond donors (Lipinski definition) is 6. The number of fused-ring (bicyclic) bond motifs is 3. The lowest BCUT2D eigenvalue weighted by atomic mass is 9.49. The van der Waals surface area contributed by atoms with Crippen molar-refractivity contribution in [3.8, 4) is 28.0 Å². The molecule has 11 heteroatoms. The number of phenols is 1. The Labute approximate surface area is 268 Å². The number of aliphatic hydroxyl groups excluding tert-OH is 3. The molecule has 1 amide bonds. The van der Waals surface area contributed by atoms with Gasteiger partial charge in [0.1, 0.15) is 34.4 Å². The van der Waals surface area contributed by atoms with Crippen molar-refractivity contribution >= 4 is 29.4 Å². The second kappa shape index (κ2) is 10.1. The molecule has 0 aromatic heterocycles. The van der Waals surface area contributed by atoms with E-state index in [2.05, 4.69) is 18.2 Å². The van der Waals surface area contributed by atoms with Crippen LogP contribution in [0.4, 0.5) is 0 Å². The number of nitrogens with zero attached hydrogens (tertiary/aromatic N) is 2. The van der Waals surface area contributed by atoms with Crippen LogP contribution in [0.1, 0.15) is 17.0 Å². The summed E-state index contributed by atoms with van der Waals surface area (Å²) in [6, 6.07) is 18.1. The van der Waals surface area contributed by atoms with Crippen LogP contribution in [0.2, 0.25) is 0 Å². The minimum atomic E-state index is -3.14. The number of aliphatic hydroxyl groups is 4. The second-order valence-corrected chi connectivity index (χ2v) is 11.9. The average molecular weight is 632 g/mol. The number of primary amides is 1. The van der Waals surface area contributed by atoms with Gasteiger partial charge in [0.25, 0.3) is 5.91 Å². The molecule has 0 radical (unpaired) electrons. The van der Waals surface area contributed by atoms with Gasteiger partial charge >= 0.3 is 0 Å². The Morgan fingerprint density at radius 2 is 1.51 bits per heavy atom. The van der Waals surface area contributed by atoms with Gasteiger partial charge in [-0.15, -0.1) is 0 Å². The van der Waals surface area contributed by atoms with Crippen LogP contribution < -0.4 is 5.73 Å². The van der Waals surface area contributed by atoms with E-state index in [1.54, 1.807) is 36.4 Å². The Hall–Kier alpha value is -5.78. The summed E-state index contributed by atoms with van der Waals surface area (Å²) in [6.07, 6.45) is 1.81. The van der Waals surface area contributed by atoms with Gasteiger partial charge in [-0.1, -0.05) is 73.8 Å². The monoisotopic (exact) mass is 631 g/mol. The third-order valence-corrected chi connectivity index (χ3v) is 9.90. The number of benzene rings is 3. The van der Waals surface area contributed by atoms with Gasteiger partial charge < -0.3 is 36.2 Å². The first-order valence-corrected chi connectivity index (χ1v) is 14.7. The molecule has 1 saturated carbocycles. The van der Waals surface area contributed by atoms with Crippen LogP contribution in [-0.2, 0) is 14.4 Å². The van der Waals surface area contributed by atoms with Crippen LogP contribution in [0.25, 0.3) is 28.0 Å². The van der Waals surface area contributed by atoms with Gasteiger partial charge in [0.15, 0.2) is 11.4 Å². The van der Waals surface area contributed by atoms with Crippen molar-refractivity contribution in [3.05, 3.63) is 120 Å². The highest BCUT2D eigenvalue weighted by Crippen LogP contribution is 2.63. The van der Waals surface area contributed by atoms with Gasteiger partial charge in [-0.3, -0.25) is 19.4 Å². The van der Waals surface area contributed by atoms with Gasteiger partial charge in [-0.25, -0.2) is 0 Å².